The van der Waals surface area contributed by atoms with Crippen LogP contribution in [0.5, 0.6) is 11.8 Å². The summed E-state index contributed by atoms with van der Waals surface area (Å²) in [5.74, 6) is 1.04. The van der Waals surface area contributed by atoms with Gasteiger partial charge >= 0.3 is 0 Å². The molecule has 2 aromatic rings. The molecule has 27 heavy (non-hydrogen) atoms. The lowest BCUT2D eigenvalue weighted by molar-refractivity contribution is 0.0884. The molecule has 1 aliphatic heterocycles. The molecule has 8 nitrogen and oxygen atoms in total. The van der Waals surface area contributed by atoms with Crippen molar-refractivity contribution in [1.29, 1.82) is 5.26 Å². The van der Waals surface area contributed by atoms with Crippen molar-refractivity contribution in [2.75, 3.05) is 6.61 Å². The van der Waals surface area contributed by atoms with Gasteiger partial charge in [-0.05, 0) is 31.7 Å². The van der Waals surface area contributed by atoms with E-state index in [1.165, 1.54) is 6.20 Å². The van der Waals surface area contributed by atoms with Gasteiger partial charge in [-0.1, -0.05) is 0 Å². The van der Waals surface area contributed by atoms with Crippen molar-refractivity contribution in [1.82, 2.24) is 20.1 Å². The SMILES string of the molecule is N#Cc1ccc(OC2CCC(NC(=O)c3cc4n(n3)CCCO4)CC2)nc1. The molecule has 0 atom stereocenters. The molecule has 1 saturated carbocycles. The van der Waals surface area contributed by atoms with Crippen LogP contribution >= 0.6 is 0 Å². The lowest BCUT2D eigenvalue weighted by Crippen LogP contribution is -2.40. The molecule has 1 aliphatic carbocycles. The topological polar surface area (TPSA) is 102 Å². The summed E-state index contributed by atoms with van der Waals surface area (Å²) in [5.41, 5.74) is 0.923. The Balaban J connectivity index is 1.27. The molecule has 0 bridgehead atoms. The second-order valence-electron chi connectivity index (χ2n) is 6.85. The van der Waals surface area contributed by atoms with Crippen LogP contribution in [0, 0.1) is 11.3 Å². The maximum atomic E-state index is 12.5. The summed E-state index contributed by atoms with van der Waals surface area (Å²) in [6.45, 7) is 1.46. The molecule has 1 N–H and O–H groups in total. The van der Waals surface area contributed by atoms with Gasteiger partial charge < -0.3 is 14.8 Å². The molecule has 0 unspecified atom stereocenters. The fraction of sp³-hybridized carbons (Fsp3) is 0.474. The molecule has 0 radical (unpaired) electrons. The number of pyridine rings is 1. The first-order valence-corrected chi connectivity index (χ1v) is 9.25. The van der Waals surface area contributed by atoms with Crippen molar-refractivity contribution in [3.63, 3.8) is 0 Å². The van der Waals surface area contributed by atoms with Gasteiger partial charge in [0.05, 0.1) is 12.2 Å². The highest BCUT2D eigenvalue weighted by molar-refractivity contribution is 5.92. The predicted molar refractivity (Wildman–Crippen MR) is 95.4 cm³/mol. The molecule has 0 aromatic carbocycles. The first-order chi connectivity index (χ1) is 13.2. The summed E-state index contributed by atoms with van der Waals surface area (Å²) in [6.07, 6.45) is 5.87. The summed E-state index contributed by atoms with van der Waals surface area (Å²) in [4.78, 5) is 16.6. The highest BCUT2D eigenvalue weighted by Gasteiger charge is 2.26. The molecule has 1 amide bonds. The predicted octanol–water partition coefficient (Wildman–Crippen LogP) is 2.05. The van der Waals surface area contributed by atoms with Gasteiger partial charge in [-0.2, -0.15) is 10.4 Å². The third kappa shape index (κ3) is 4.03. The minimum Gasteiger partial charge on any atom is -0.478 e. The Labute approximate surface area is 157 Å². The van der Waals surface area contributed by atoms with E-state index in [2.05, 4.69) is 15.4 Å². The zero-order valence-electron chi connectivity index (χ0n) is 14.9. The maximum Gasteiger partial charge on any atom is 0.272 e. The van der Waals surface area contributed by atoms with Crippen LogP contribution in [-0.2, 0) is 6.54 Å². The molecule has 0 spiro atoms. The second-order valence-corrected chi connectivity index (χ2v) is 6.85. The van der Waals surface area contributed by atoms with Gasteiger partial charge in [0.2, 0.25) is 11.8 Å². The van der Waals surface area contributed by atoms with E-state index in [1.807, 2.05) is 6.07 Å². The number of hydrogen-bond donors (Lipinski definition) is 1. The van der Waals surface area contributed by atoms with Crippen molar-refractivity contribution in [3.05, 3.63) is 35.7 Å². The van der Waals surface area contributed by atoms with Crippen molar-refractivity contribution in [2.45, 2.75) is 50.8 Å². The minimum atomic E-state index is -0.154. The molecule has 2 aromatic heterocycles. The Kier molecular flexibility index (Phi) is 4.92. The van der Waals surface area contributed by atoms with Gasteiger partial charge in [-0.3, -0.25) is 4.79 Å². The van der Waals surface area contributed by atoms with Gasteiger partial charge in [-0.15, -0.1) is 0 Å². The van der Waals surface area contributed by atoms with Gasteiger partial charge in [0.25, 0.3) is 5.91 Å². The Morgan fingerprint density at radius 1 is 1.33 bits per heavy atom. The maximum absolute atomic E-state index is 12.5. The standard InChI is InChI=1S/C19H21N5O3/c20-11-13-2-7-17(21-12-13)27-15-5-3-14(4-6-15)22-19(25)16-10-18-24(23-16)8-1-9-26-18/h2,7,10,12,14-15H,1,3-6,8-9H2,(H,22,25). The van der Waals surface area contributed by atoms with Crippen LogP contribution < -0.4 is 14.8 Å². The summed E-state index contributed by atoms with van der Waals surface area (Å²) < 4.78 is 13.1. The van der Waals surface area contributed by atoms with Crippen LogP contribution in [0.4, 0.5) is 0 Å². The number of carbonyl (C=O) groups excluding carboxylic acids is 1. The molecule has 1 fully saturated rings. The van der Waals surface area contributed by atoms with E-state index in [-0.39, 0.29) is 18.1 Å². The first-order valence-electron chi connectivity index (χ1n) is 9.25. The smallest absolute Gasteiger partial charge is 0.272 e. The first kappa shape index (κ1) is 17.3. The average molecular weight is 367 g/mol. The van der Waals surface area contributed by atoms with E-state index in [0.717, 1.165) is 38.6 Å². The highest BCUT2D eigenvalue weighted by Crippen LogP contribution is 2.24. The lowest BCUT2D eigenvalue weighted by Gasteiger charge is -2.29. The van der Waals surface area contributed by atoms with Crippen LogP contribution in [0.3, 0.4) is 0 Å². The molecule has 140 valence electrons. The quantitative estimate of drug-likeness (QED) is 0.887. The van der Waals surface area contributed by atoms with Gasteiger partial charge in [0, 0.05) is 37.3 Å². The number of amides is 1. The normalized spacial score (nSPS) is 21.4. The Morgan fingerprint density at radius 2 is 2.19 bits per heavy atom. The lowest BCUT2D eigenvalue weighted by atomic mass is 9.93. The largest absolute Gasteiger partial charge is 0.478 e. The number of nitrogens with one attached hydrogen (secondary N) is 1. The van der Waals surface area contributed by atoms with E-state index in [9.17, 15) is 4.79 Å². The van der Waals surface area contributed by atoms with Crippen molar-refractivity contribution >= 4 is 5.91 Å². The van der Waals surface area contributed by atoms with Gasteiger partial charge in [0.15, 0.2) is 5.69 Å². The Bertz CT molecular complexity index is 824. The summed E-state index contributed by atoms with van der Waals surface area (Å²) in [6, 6.07) is 7.28. The number of nitriles is 1. The van der Waals surface area contributed by atoms with E-state index in [0.29, 0.717) is 29.6 Å². The number of carbonyl (C=O) groups is 1. The van der Waals surface area contributed by atoms with Gasteiger partial charge in [-0.25, -0.2) is 9.67 Å². The molecule has 2 aliphatic rings. The number of hydrogen-bond acceptors (Lipinski definition) is 6. The number of nitrogens with zero attached hydrogens (tertiary/aromatic N) is 4. The minimum absolute atomic E-state index is 0.0758. The summed E-state index contributed by atoms with van der Waals surface area (Å²) >= 11 is 0. The number of ether oxygens (including phenoxy) is 2. The number of aryl methyl sites for hydroxylation is 1. The Morgan fingerprint density at radius 3 is 2.89 bits per heavy atom. The van der Waals surface area contributed by atoms with E-state index in [4.69, 9.17) is 14.7 Å². The number of fused-ring (bicyclic) bond motifs is 1. The molecule has 4 rings (SSSR count). The van der Waals surface area contributed by atoms with Crippen LogP contribution in [0.15, 0.2) is 24.4 Å². The molecular formula is C19H21N5O3. The third-order valence-electron chi connectivity index (χ3n) is 4.90. The molecule has 8 heteroatoms. The number of rotatable bonds is 4. The fourth-order valence-corrected chi connectivity index (χ4v) is 3.45. The van der Waals surface area contributed by atoms with E-state index >= 15 is 0 Å². The van der Waals surface area contributed by atoms with Crippen LogP contribution in [-0.4, -0.2) is 39.4 Å². The zero-order valence-corrected chi connectivity index (χ0v) is 14.9. The van der Waals surface area contributed by atoms with Crippen LogP contribution in [0.1, 0.15) is 48.2 Å². The fourth-order valence-electron chi connectivity index (χ4n) is 3.45. The molecular weight excluding hydrogens is 346 g/mol. The van der Waals surface area contributed by atoms with Crippen molar-refractivity contribution in [2.24, 2.45) is 0 Å². The van der Waals surface area contributed by atoms with Crippen LogP contribution in [0.2, 0.25) is 0 Å². The zero-order chi connectivity index (χ0) is 18.6. The van der Waals surface area contributed by atoms with E-state index < -0.39 is 0 Å². The summed E-state index contributed by atoms with van der Waals surface area (Å²) in [7, 11) is 0. The monoisotopic (exact) mass is 367 g/mol. The highest BCUT2D eigenvalue weighted by atomic mass is 16.5. The van der Waals surface area contributed by atoms with Gasteiger partial charge in [0.1, 0.15) is 12.2 Å². The van der Waals surface area contributed by atoms with Crippen LogP contribution in [0.25, 0.3) is 0 Å². The Hall–Kier alpha value is -3.08. The third-order valence-corrected chi connectivity index (χ3v) is 4.90. The number of aromatic nitrogens is 3. The molecule has 3 heterocycles. The molecule has 0 saturated heterocycles. The van der Waals surface area contributed by atoms with E-state index in [1.54, 1.807) is 22.9 Å². The van der Waals surface area contributed by atoms with Crippen molar-refractivity contribution in [3.8, 4) is 17.8 Å². The second kappa shape index (κ2) is 7.66. The average Bonchev–Trinajstić information content (AvgIpc) is 3.14. The summed E-state index contributed by atoms with van der Waals surface area (Å²) in [5, 5.41) is 16.2. The van der Waals surface area contributed by atoms with Crippen molar-refractivity contribution < 1.29 is 14.3 Å².